The van der Waals surface area contributed by atoms with E-state index in [1.807, 2.05) is 0 Å². The number of rotatable bonds is 3. The molecule has 3 nitrogen and oxygen atoms in total. The lowest BCUT2D eigenvalue weighted by molar-refractivity contribution is 0.101. The van der Waals surface area contributed by atoms with Gasteiger partial charge in [0.05, 0.1) is 0 Å². The Kier molecular flexibility index (Phi) is 2.91. The van der Waals surface area contributed by atoms with Gasteiger partial charge in [0.15, 0.2) is 5.76 Å². The number of hydrogen-bond donors (Lipinski definition) is 0. The van der Waals surface area contributed by atoms with Crippen LogP contribution in [0.1, 0.15) is 26.5 Å². The second-order valence-corrected chi connectivity index (χ2v) is 4.36. The monoisotopic (exact) mass is 268 g/mol. The molecule has 0 bridgehead atoms. The molecular weight excluding hydrogens is 259 g/mol. The van der Waals surface area contributed by atoms with Gasteiger partial charge in [0, 0.05) is 16.5 Å². The fourth-order valence-electron chi connectivity index (χ4n) is 1.99. The zero-order valence-electron chi connectivity index (χ0n) is 10.3. The SMILES string of the molecule is O=Cc1ccc2oc(C(=O)c3ccc(F)cc3)cc2c1. The molecule has 3 aromatic rings. The normalized spacial score (nSPS) is 10.7. The summed E-state index contributed by atoms with van der Waals surface area (Å²) >= 11 is 0. The minimum Gasteiger partial charge on any atom is -0.453 e. The van der Waals surface area contributed by atoms with Gasteiger partial charge < -0.3 is 4.42 Å². The topological polar surface area (TPSA) is 47.3 Å². The third kappa shape index (κ3) is 2.12. The van der Waals surface area contributed by atoms with E-state index in [0.29, 0.717) is 22.1 Å². The first kappa shape index (κ1) is 12.3. The van der Waals surface area contributed by atoms with Crippen LogP contribution >= 0.6 is 0 Å². The van der Waals surface area contributed by atoms with Crippen LogP contribution in [0.25, 0.3) is 11.0 Å². The van der Waals surface area contributed by atoms with E-state index in [1.165, 1.54) is 24.3 Å². The maximum absolute atomic E-state index is 12.8. The molecule has 0 aliphatic rings. The smallest absolute Gasteiger partial charge is 0.228 e. The summed E-state index contributed by atoms with van der Waals surface area (Å²) in [7, 11) is 0. The summed E-state index contributed by atoms with van der Waals surface area (Å²) in [5.41, 5.74) is 1.39. The van der Waals surface area contributed by atoms with Crippen molar-refractivity contribution in [2.24, 2.45) is 0 Å². The van der Waals surface area contributed by atoms with E-state index < -0.39 is 5.82 Å². The average molecular weight is 268 g/mol. The third-order valence-corrected chi connectivity index (χ3v) is 3.01. The number of ketones is 1. The largest absolute Gasteiger partial charge is 0.453 e. The van der Waals surface area contributed by atoms with Gasteiger partial charge in [0.25, 0.3) is 0 Å². The minimum atomic E-state index is -0.401. The molecule has 0 saturated heterocycles. The van der Waals surface area contributed by atoms with Crippen LogP contribution in [0.2, 0.25) is 0 Å². The van der Waals surface area contributed by atoms with E-state index in [9.17, 15) is 14.0 Å². The molecule has 0 fully saturated rings. The lowest BCUT2D eigenvalue weighted by Gasteiger charge is -1.96. The number of furan rings is 1. The zero-order chi connectivity index (χ0) is 14.1. The first-order valence-corrected chi connectivity index (χ1v) is 5.96. The summed E-state index contributed by atoms with van der Waals surface area (Å²) < 4.78 is 18.3. The van der Waals surface area contributed by atoms with Crippen molar-refractivity contribution in [3.05, 3.63) is 71.2 Å². The van der Waals surface area contributed by atoms with Crippen molar-refractivity contribution in [1.82, 2.24) is 0 Å². The van der Waals surface area contributed by atoms with Crippen LogP contribution in [0, 0.1) is 5.82 Å². The molecule has 0 aliphatic heterocycles. The van der Waals surface area contributed by atoms with E-state index in [4.69, 9.17) is 4.42 Å². The van der Waals surface area contributed by atoms with E-state index >= 15 is 0 Å². The molecule has 3 rings (SSSR count). The van der Waals surface area contributed by atoms with Crippen molar-refractivity contribution in [2.45, 2.75) is 0 Å². The Morgan fingerprint density at radius 2 is 1.80 bits per heavy atom. The van der Waals surface area contributed by atoms with Gasteiger partial charge in [-0.15, -0.1) is 0 Å². The molecule has 98 valence electrons. The van der Waals surface area contributed by atoms with Crippen LogP contribution in [0.4, 0.5) is 4.39 Å². The summed E-state index contributed by atoms with van der Waals surface area (Å²) in [5.74, 6) is -0.565. The van der Waals surface area contributed by atoms with Crippen LogP contribution in [0.5, 0.6) is 0 Å². The maximum Gasteiger partial charge on any atom is 0.228 e. The summed E-state index contributed by atoms with van der Waals surface area (Å²) in [4.78, 5) is 22.9. The highest BCUT2D eigenvalue weighted by Gasteiger charge is 2.14. The first-order chi connectivity index (χ1) is 9.67. The van der Waals surface area contributed by atoms with Crippen LogP contribution in [-0.4, -0.2) is 12.1 Å². The molecule has 0 saturated carbocycles. The highest BCUT2D eigenvalue weighted by molar-refractivity contribution is 6.09. The summed E-state index contributed by atoms with van der Waals surface area (Å²) in [5, 5.41) is 0.681. The van der Waals surface area contributed by atoms with Crippen LogP contribution in [-0.2, 0) is 0 Å². The number of halogens is 1. The standard InChI is InChI=1S/C16H9FO3/c17-13-4-2-11(3-5-13)16(19)15-8-12-7-10(9-18)1-6-14(12)20-15/h1-9H. The van der Waals surface area contributed by atoms with E-state index in [0.717, 1.165) is 6.29 Å². The number of carbonyl (C=O) groups excluding carboxylic acids is 2. The number of aldehydes is 1. The highest BCUT2D eigenvalue weighted by Crippen LogP contribution is 2.22. The Hall–Kier alpha value is -2.75. The predicted molar refractivity (Wildman–Crippen MR) is 71.4 cm³/mol. The molecule has 0 radical (unpaired) electrons. The van der Waals surface area contributed by atoms with Gasteiger partial charge in [-0.2, -0.15) is 0 Å². The molecule has 4 heteroatoms. The van der Waals surface area contributed by atoms with Crippen LogP contribution < -0.4 is 0 Å². The molecule has 0 aliphatic carbocycles. The fourth-order valence-corrected chi connectivity index (χ4v) is 1.99. The molecular formula is C16H9FO3. The fraction of sp³-hybridized carbons (Fsp3) is 0. The van der Waals surface area contributed by atoms with Crippen molar-refractivity contribution in [1.29, 1.82) is 0 Å². The van der Waals surface area contributed by atoms with Crippen molar-refractivity contribution in [3.63, 3.8) is 0 Å². The van der Waals surface area contributed by atoms with Crippen LogP contribution in [0.15, 0.2) is 52.9 Å². The van der Waals surface area contributed by atoms with Gasteiger partial charge in [0.1, 0.15) is 17.7 Å². The van der Waals surface area contributed by atoms with Gasteiger partial charge in [-0.3, -0.25) is 9.59 Å². The zero-order valence-corrected chi connectivity index (χ0v) is 10.3. The third-order valence-electron chi connectivity index (χ3n) is 3.01. The minimum absolute atomic E-state index is 0.162. The predicted octanol–water partition coefficient (Wildman–Crippen LogP) is 3.62. The maximum atomic E-state index is 12.8. The van der Waals surface area contributed by atoms with Gasteiger partial charge in [-0.1, -0.05) is 0 Å². The van der Waals surface area contributed by atoms with Crippen molar-refractivity contribution in [2.75, 3.05) is 0 Å². The summed E-state index contributed by atoms with van der Waals surface area (Å²) in [6.45, 7) is 0. The Balaban J connectivity index is 2.03. The Bertz CT molecular complexity index is 800. The van der Waals surface area contributed by atoms with E-state index in [-0.39, 0.29) is 11.5 Å². The van der Waals surface area contributed by atoms with Crippen molar-refractivity contribution in [3.8, 4) is 0 Å². The lowest BCUT2D eigenvalue weighted by atomic mass is 10.1. The second kappa shape index (κ2) is 4.74. The highest BCUT2D eigenvalue weighted by atomic mass is 19.1. The van der Waals surface area contributed by atoms with Gasteiger partial charge in [0.2, 0.25) is 5.78 Å². The van der Waals surface area contributed by atoms with E-state index in [1.54, 1.807) is 24.3 Å². The molecule has 1 aromatic heterocycles. The first-order valence-electron chi connectivity index (χ1n) is 5.96. The molecule has 0 amide bonds. The summed E-state index contributed by atoms with van der Waals surface area (Å²) in [6, 6.07) is 11.7. The number of benzene rings is 2. The van der Waals surface area contributed by atoms with E-state index in [2.05, 4.69) is 0 Å². The molecule has 20 heavy (non-hydrogen) atoms. The Morgan fingerprint density at radius 3 is 2.50 bits per heavy atom. The van der Waals surface area contributed by atoms with Crippen molar-refractivity contribution < 1.29 is 18.4 Å². The quantitative estimate of drug-likeness (QED) is 0.538. The molecule has 0 atom stereocenters. The van der Waals surface area contributed by atoms with Crippen molar-refractivity contribution >= 4 is 23.0 Å². The molecule has 0 spiro atoms. The van der Waals surface area contributed by atoms with Gasteiger partial charge in [-0.05, 0) is 48.5 Å². The molecule has 1 heterocycles. The van der Waals surface area contributed by atoms with Crippen LogP contribution in [0.3, 0.4) is 0 Å². The number of carbonyl (C=O) groups is 2. The Morgan fingerprint density at radius 1 is 1.05 bits per heavy atom. The average Bonchev–Trinajstić information content (AvgIpc) is 2.90. The molecule has 2 aromatic carbocycles. The summed E-state index contributed by atoms with van der Waals surface area (Å²) in [6.07, 6.45) is 0.730. The number of hydrogen-bond acceptors (Lipinski definition) is 3. The van der Waals surface area contributed by atoms with Gasteiger partial charge >= 0.3 is 0 Å². The second-order valence-electron chi connectivity index (χ2n) is 4.36. The lowest BCUT2D eigenvalue weighted by Crippen LogP contribution is -1.99. The molecule has 0 N–H and O–H groups in total. The molecule has 0 unspecified atom stereocenters. The number of fused-ring (bicyclic) bond motifs is 1. The Labute approximate surface area is 113 Å². The van der Waals surface area contributed by atoms with Gasteiger partial charge in [-0.25, -0.2) is 4.39 Å².